The van der Waals surface area contributed by atoms with Crippen molar-refractivity contribution in [2.24, 2.45) is 0 Å². The Morgan fingerprint density at radius 1 is 1.09 bits per heavy atom. The van der Waals surface area contributed by atoms with E-state index in [4.69, 9.17) is 11.6 Å². The first-order valence-corrected chi connectivity index (χ1v) is 8.46. The van der Waals surface area contributed by atoms with Crippen LogP contribution in [0.1, 0.15) is 15.2 Å². The number of benzene rings is 2. The summed E-state index contributed by atoms with van der Waals surface area (Å²) in [4.78, 5) is 17.1. The molecule has 0 bridgehead atoms. The summed E-state index contributed by atoms with van der Waals surface area (Å²) in [6.45, 7) is 0.582. The maximum atomic E-state index is 12.2. The third-order valence-electron chi connectivity index (χ3n) is 3.36. The average Bonchev–Trinajstić information content (AvgIpc) is 3.07. The second-order valence-corrected chi connectivity index (χ2v) is 6.50. The molecule has 1 aromatic heterocycles. The Morgan fingerprint density at radius 2 is 1.83 bits per heavy atom. The van der Waals surface area contributed by atoms with Gasteiger partial charge in [0.25, 0.3) is 5.91 Å². The third kappa shape index (κ3) is 4.18. The molecule has 0 aliphatic carbocycles. The van der Waals surface area contributed by atoms with Crippen molar-refractivity contribution in [1.29, 1.82) is 0 Å². The standard InChI is InChI=1S/C18H15ClN2OS/c19-15-8-6-13(7-9-15)10-11-20-17(22)16-12-21-18(23-16)14-4-2-1-3-5-14/h1-9,12H,10-11H2,(H,20,22). The lowest BCUT2D eigenvalue weighted by Crippen LogP contribution is -2.24. The van der Waals surface area contributed by atoms with Crippen molar-refractivity contribution in [3.05, 3.63) is 76.3 Å². The van der Waals surface area contributed by atoms with Crippen LogP contribution in [0.5, 0.6) is 0 Å². The number of rotatable bonds is 5. The van der Waals surface area contributed by atoms with Gasteiger partial charge in [-0.25, -0.2) is 4.98 Å². The molecule has 0 aliphatic rings. The fourth-order valence-electron chi connectivity index (χ4n) is 2.15. The number of carbonyl (C=O) groups excluding carboxylic acids is 1. The fourth-order valence-corrected chi connectivity index (χ4v) is 3.12. The van der Waals surface area contributed by atoms with Crippen molar-refractivity contribution in [3.63, 3.8) is 0 Å². The molecule has 0 saturated heterocycles. The van der Waals surface area contributed by atoms with Gasteiger partial charge in [-0.15, -0.1) is 11.3 Å². The second-order valence-electron chi connectivity index (χ2n) is 5.03. The zero-order chi connectivity index (χ0) is 16.1. The predicted octanol–water partition coefficient (Wildman–Crippen LogP) is 4.44. The Labute approximate surface area is 144 Å². The van der Waals surface area contributed by atoms with Gasteiger partial charge in [0, 0.05) is 17.1 Å². The Morgan fingerprint density at radius 3 is 2.57 bits per heavy atom. The molecule has 5 heteroatoms. The van der Waals surface area contributed by atoms with E-state index in [0.717, 1.165) is 27.6 Å². The predicted molar refractivity (Wildman–Crippen MR) is 95.0 cm³/mol. The smallest absolute Gasteiger partial charge is 0.263 e. The lowest BCUT2D eigenvalue weighted by atomic mass is 10.1. The summed E-state index contributed by atoms with van der Waals surface area (Å²) in [6, 6.07) is 17.5. The molecule has 116 valence electrons. The van der Waals surface area contributed by atoms with Crippen LogP contribution in [-0.2, 0) is 6.42 Å². The first-order valence-electron chi connectivity index (χ1n) is 7.26. The summed E-state index contributed by atoms with van der Waals surface area (Å²) in [5, 5.41) is 4.50. The van der Waals surface area contributed by atoms with Crippen LogP contribution in [0, 0.1) is 0 Å². The molecular formula is C18H15ClN2OS. The van der Waals surface area contributed by atoms with E-state index in [0.29, 0.717) is 11.4 Å². The largest absolute Gasteiger partial charge is 0.351 e. The van der Waals surface area contributed by atoms with Gasteiger partial charge in [-0.3, -0.25) is 4.79 Å². The van der Waals surface area contributed by atoms with Gasteiger partial charge in [-0.1, -0.05) is 54.1 Å². The minimum Gasteiger partial charge on any atom is -0.351 e. The summed E-state index contributed by atoms with van der Waals surface area (Å²) in [5.41, 5.74) is 2.17. The van der Waals surface area contributed by atoms with Crippen LogP contribution >= 0.6 is 22.9 Å². The molecule has 1 heterocycles. The van der Waals surface area contributed by atoms with Crippen molar-refractivity contribution in [1.82, 2.24) is 10.3 Å². The Hall–Kier alpha value is -2.17. The number of hydrogen-bond acceptors (Lipinski definition) is 3. The van der Waals surface area contributed by atoms with Crippen molar-refractivity contribution in [2.75, 3.05) is 6.54 Å². The van der Waals surface area contributed by atoms with Gasteiger partial charge >= 0.3 is 0 Å². The van der Waals surface area contributed by atoms with Crippen molar-refractivity contribution < 1.29 is 4.79 Å². The maximum absolute atomic E-state index is 12.2. The molecule has 0 saturated carbocycles. The molecule has 0 spiro atoms. The van der Waals surface area contributed by atoms with E-state index in [1.54, 1.807) is 6.20 Å². The van der Waals surface area contributed by atoms with Crippen LogP contribution in [0.4, 0.5) is 0 Å². The van der Waals surface area contributed by atoms with Crippen LogP contribution in [0.15, 0.2) is 60.8 Å². The number of aromatic nitrogens is 1. The highest BCUT2D eigenvalue weighted by molar-refractivity contribution is 7.16. The van der Waals surface area contributed by atoms with Crippen LogP contribution < -0.4 is 5.32 Å². The molecule has 0 atom stereocenters. The van der Waals surface area contributed by atoms with Gasteiger partial charge in [0.2, 0.25) is 0 Å². The lowest BCUT2D eigenvalue weighted by Gasteiger charge is -2.03. The number of nitrogens with one attached hydrogen (secondary N) is 1. The normalized spacial score (nSPS) is 10.5. The number of nitrogens with zero attached hydrogens (tertiary/aromatic N) is 1. The zero-order valence-corrected chi connectivity index (χ0v) is 13.9. The van der Waals surface area contributed by atoms with Gasteiger partial charge in [0.05, 0.1) is 6.20 Å². The molecule has 3 nitrogen and oxygen atoms in total. The van der Waals surface area contributed by atoms with Gasteiger partial charge < -0.3 is 5.32 Å². The van der Waals surface area contributed by atoms with Crippen LogP contribution in [-0.4, -0.2) is 17.4 Å². The van der Waals surface area contributed by atoms with E-state index < -0.39 is 0 Å². The lowest BCUT2D eigenvalue weighted by molar-refractivity contribution is 0.0958. The van der Waals surface area contributed by atoms with E-state index in [1.165, 1.54) is 11.3 Å². The van der Waals surface area contributed by atoms with E-state index in [1.807, 2.05) is 54.6 Å². The maximum Gasteiger partial charge on any atom is 0.263 e. The molecular weight excluding hydrogens is 328 g/mol. The molecule has 0 unspecified atom stereocenters. The summed E-state index contributed by atoms with van der Waals surface area (Å²) in [6.07, 6.45) is 2.40. The molecule has 0 aliphatic heterocycles. The summed E-state index contributed by atoms with van der Waals surface area (Å²) in [5.74, 6) is -0.0846. The van der Waals surface area contributed by atoms with Gasteiger partial charge in [-0.05, 0) is 24.1 Å². The van der Waals surface area contributed by atoms with Crippen LogP contribution in [0.3, 0.4) is 0 Å². The van der Waals surface area contributed by atoms with E-state index in [-0.39, 0.29) is 5.91 Å². The molecule has 3 rings (SSSR count). The number of thiazole rings is 1. The number of hydrogen-bond donors (Lipinski definition) is 1. The SMILES string of the molecule is O=C(NCCc1ccc(Cl)cc1)c1cnc(-c2ccccc2)s1. The number of carbonyl (C=O) groups is 1. The summed E-state index contributed by atoms with van der Waals surface area (Å²) >= 11 is 7.26. The fraction of sp³-hybridized carbons (Fsp3) is 0.111. The summed E-state index contributed by atoms with van der Waals surface area (Å²) in [7, 11) is 0. The molecule has 0 fully saturated rings. The highest BCUT2D eigenvalue weighted by Crippen LogP contribution is 2.24. The molecule has 3 aromatic rings. The quantitative estimate of drug-likeness (QED) is 0.745. The van der Waals surface area contributed by atoms with Crippen LogP contribution in [0.25, 0.3) is 10.6 Å². The second kappa shape index (κ2) is 7.40. The van der Waals surface area contributed by atoms with Crippen LogP contribution in [0.2, 0.25) is 5.02 Å². The van der Waals surface area contributed by atoms with Crippen molar-refractivity contribution in [3.8, 4) is 10.6 Å². The van der Waals surface area contributed by atoms with Crippen molar-refractivity contribution in [2.45, 2.75) is 6.42 Å². The zero-order valence-electron chi connectivity index (χ0n) is 12.3. The Bertz CT molecular complexity index is 784. The first kappa shape index (κ1) is 15.7. The molecule has 1 N–H and O–H groups in total. The highest BCUT2D eigenvalue weighted by atomic mass is 35.5. The Balaban J connectivity index is 1.56. The Kier molecular flexibility index (Phi) is 5.05. The molecule has 1 amide bonds. The minimum atomic E-state index is -0.0846. The van der Waals surface area contributed by atoms with Crippen molar-refractivity contribution >= 4 is 28.8 Å². The third-order valence-corrected chi connectivity index (χ3v) is 4.66. The van der Waals surface area contributed by atoms with Gasteiger partial charge in [0.15, 0.2) is 0 Å². The van der Waals surface area contributed by atoms with E-state index in [2.05, 4.69) is 10.3 Å². The van der Waals surface area contributed by atoms with E-state index >= 15 is 0 Å². The van der Waals surface area contributed by atoms with E-state index in [9.17, 15) is 4.79 Å². The monoisotopic (exact) mass is 342 g/mol. The minimum absolute atomic E-state index is 0.0846. The summed E-state index contributed by atoms with van der Waals surface area (Å²) < 4.78 is 0. The first-order chi connectivity index (χ1) is 11.2. The average molecular weight is 343 g/mol. The molecule has 0 radical (unpaired) electrons. The number of amides is 1. The highest BCUT2D eigenvalue weighted by Gasteiger charge is 2.11. The van der Waals surface area contributed by atoms with Gasteiger partial charge in [0.1, 0.15) is 9.88 Å². The molecule has 2 aromatic carbocycles. The topological polar surface area (TPSA) is 42.0 Å². The molecule has 23 heavy (non-hydrogen) atoms. The number of halogens is 1. The van der Waals surface area contributed by atoms with Gasteiger partial charge in [-0.2, -0.15) is 0 Å².